The molecular formula is C4BN20NaO8. The van der Waals surface area contributed by atoms with Crippen molar-refractivity contribution in [3.05, 3.63) is 40.5 Å². The summed E-state index contributed by atoms with van der Waals surface area (Å²) in [5, 5.41) is 83.7. The molecule has 0 unspecified atom stereocenters. The summed E-state index contributed by atoms with van der Waals surface area (Å²) < 4.78 is 0.835. The largest absolute Gasteiger partial charge is 1.00 e. The van der Waals surface area contributed by atoms with Gasteiger partial charge in [0.15, 0.2) is 0 Å². The van der Waals surface area contributed by atoms with E-state index in [-0.39, 0.29) is 48.4 Å². The van der Waals surface area contributed by atoms with E-state index in [1.54, 1.807) is 0 Å². The number of nitrogens with zero attached hydrogens (tertiary/aromatic N) is 20. The topological polar surface area (TPSA) is 347 Å². The van der Waals surface area contributed by atoms with E-state index in [1.807, 2.05) is 0 Å². The third kappa shape index (κ3) is 3.60. The van der Waals surface area contributed by atoms with Crippen LogP contribution in [0.25, 0.3) is 0 Å². The van der Waals surface area contributed by atoms with Crippen LogP contribution in [0, 0.1) is 40.5 Å². The summed E-state index contributed by atoms with van der Waals surface area (Å²) in [6.45, 7) is -3.94. The molecule has 0 aliphatic carbocycles. The van der Waals surface area contributed by atoms with Gasteiger partial charge in [0.05, 0.1) is 20.4 Å². The molecule has 4 rings (SSSR count). The van der Waals surface area contributed by atoms with Crippen molar-refractivity contribution >= 4 is 30.5 Å². The number of tetrazole rings is 4. The van der Waals surface area contributed by atoms with Crippen molar-refractivity contribution in [1.82, 2.24) is 80.5 Å². The monoisotopic (exact) mass is 490 g/mol. The number of rotatable bonds is 8. The normalized spacial score (nSPS) is 11.1. The van der Waals surface area contributed by atoms with Gasteiger partial charge in [-0.05, 0) is 19.7 Å². The van der Waals surface area contributed by atoms with Crippen molar-refractivity contribution in [3.63, 3.8) is 0 Å². The fraction of sp³-hybridized carbons (Fsp3) is 0. The maximum Gasteiger partial charge on any atom is 1.00 e. The molecule has 0 radical (unpaired) electrons. The van der Waals surface area contributed by atoms with Crippen LogP contribution in [0.2, 0.25) is 0 Å². The van der Waals surface area contributed by atoms with E-state index in [1.165, 1.54) is 0 Å². The fourth-order valence-corrected chi connectivity index (χ4v) is 2.30. The molecule has 30 heteroatoms. The van der Waals surface area contributed by atoms with Crippen molar-refractivity contribution in [3.8, 4) is 0 Å². The molecular weight excluding hydrogens is 490 g/mol. The number of hydrogen-bond acceptors (Lipinski definition) is 20. The Hall–Kier alpha value is -5.06. The molecule has 0 spiro atoms. The molecule has 0 aliphatic heterocycles. The molecule has 0 fully saturated rings. The number of nitro groups is 4. The molecule has 4 heterocycles. The second-order valence-corrected chi connectivity index (χ2v) is 5.36. The Morgan fingerprint density at radius 1 is 0.500 bits per heavy atom. The SMILES string of the molecule is O=[N+]([O-])c1nnn([B-](n2nnc([N+](=O)[O-])n2)(n2nnc([N+](=O)[O-])n2)n2nnc([N+](=O)[O-])n2)n1.[Na+]. The number of aromatic nitrogens is 16. The van der Waals surface area contributed by atoms with Crippen LogP contribution in [0.15, 0.2) is 0 Å². The molecule has 0 atom stereocenters. The van der Waals surface area contributed by atoms with Crippen molar-refractivity contribution < 1.29 is 49.3 Å². The Morgan fingerprint density at radius 3 is 0.853 bits per heavy atom. The van der Waals surface area contributed by atoms with Gasteiger partial charge in [0.25, 0.3) is 0 Å². The second kappa shape index (κ2) is 8.47. The summed E-state index contributed by atoms with van der Waals surface area (Å²) in [5.74, 6) is -4.67. The molecule has 28 nitrogen and oxygen atoms in total. The zero-order valence-electron chi connectivity index (χ0n) is 15.8. The van der Waals surface area contributed by atoms with Crippen LogP contribution in [-0.4, -0.2) is 107 Å². The summed E-state index contributed by atoms with van der Waals surface area (Å²) in [4.78, 5) is 39.7. The maximum absolute atomic E-state index is 11.0. The van der Waals surface area contributed by atoms with Gasteiger partial charge in [-0.25, -0.2) is 0 Å². The summed E-state index contributed by atoms with van der Waals surface area (Å²) >= 11 is 0. The predicted molar refractivity (Wildman–Crippen MR) is 85.2 cm³/mol. The van der Waals surface area contributed by atoms with E-state index >= 15 is 0 Å². The first-order valence-electron chi connectivity index (χ1n) is 7.58. The van der Waals surface area contributed by atoms with Crippen LogP contribution in [0.4, 0.5) is 23.8 Å². The van der Waals surface area contributed by atoms with E-state index in [0.29, 0.717) is 0 Å². The van der Waals surface area contributed by atoms with Crippen molar-refractivity contribution in [2.45, 2.75) is 0 Å². The first-order valence-corrected chi connectivity index (χ1v) is 7.58. The van der Waals surface area contributed by atoms with E-state index in [0.717, 1.165) is 0 Å². The van der Waals surface area contributed by atoms with Crippen LogP contribution in [0.3, 0.4) is 0 Å². The van der Waals surface area contributed by atoms with Crippen LogP contribution in [0.1, 0.15) is 0 Å². The Morgan fingerprint density at radius 2 is 0.706 bits per heavy atom. The minimum absolute atomic E-state index is 0. The predicted octanol–water partition coefficient (Wildman–Crippen LogP) is -7.80. The van der Waals surface area contributed by atoms with Gasteiger partial charge in [0.1, 0.15) is 0 Å². The molecule has 0 amide bonds. The third-order valence-corrected chi connectivity index (χ3v) is 3.56. The average Bonchev–Trinajstić information content (AvgIpc) is 3.55. The molecule has 0 N–H and O–H groups in total. The number of hydrogen-bond donors (Lipinski definition) is 0. The quantitative estimate of drug-likeness (QED) is 0.126. The third-order valence-electron chi connectivity index (χ3n) is 3.56. The second-order valence-electron chi connectivity index (χ2n) is 5.36. The maximum atomic E-state index is 11.0. The van der Waals surface area contributed by atoms with E-state index in [9.17, 15) is 40.5 Å². The molecule has 0 aromatic carbocycles. The Bertz CT molecular complexity index is 1200. The average molecular weight is 490 g/mol. The van der Waals surface area contributed by atoms with Gasteiger partial charge in [-0.2, -0.15) is 18.8 Å². The van der Waals surface area contributed by atoms with E-state index in [2.05, 4.69) is 61.6 Å². The van der Waals surface area contributed by atoms with E-state index in [4.69, 9.17) is 0 Å². The zero-order chi connectivity index (χ0) is 23.9. The minimum atomic E-state index is -3.94. The molecule has 34 heavy (non-hydrogen) atoms. The van der Waals surface area contributed by atoms with Crippen molar-refractivity contribution in [2.75, 3.05) is 0 Å². The molecule has 4 aromatic heterocycles. The Kier molecular flexibility index (Phi) is 5.88. The summed E-state index contributed by atoms with van der Waals surface area (Å²) in [5.41, 5.74) is 0. The van der Waals surface area contributed by atoms with Crippen LogP contribution in [0.5, 0.6) is 0 Å². The van der Waals surface area contributed by atoms with Gasteiger partial charge in [-0.3, -0.25) is 0 Å². The molecule has 0 bridgehead atoms. The van der Waals surface area contributed by atoms with Crippen LogP contribution < -0.4 is 29.6 Å². The molecule has 168 valence electrons. The van der Waals surface area contributed by atoms with Crippen molar-refractivity contribution in [2.24, 2.45) is 0 Å². The zero-order valence-corrected chi connectivity index (χ0v) is 17.8. The summed E-state index contributed by atoms with van der Waals surface area (Å²) in [7, 11) is 0. The standard InChI is InChI=1S/C4BN20O8.Na/c26-18(27)1-6-14-22(10-1)5(23-11-2(7-15-23)19(28)29,24-12-3(8-16-24)20(30)31)25-13-4(9-17-25)21(32)33;/q-1;+1. The first-order chi connectivity index (χ1) is 15.6. The molecule has 0 saturated heterocycles. The Labute approximate surface area is 200 Å². The molecule has 0 saturated carbocycles. The smallest absolute Gasteiger partial charge is 0.390 e. The van der Waals surface area contributed by atoms with Gasteiger partial charge in [-0.15, -0.1) is 0 Å². The van der Waals surface area contributed by atoms with Crippen molar-refractivity contribution in [1.29, 1.82) is 0 Å². The van der Waals surface area contributed by atoms with Crippen LogP contribution >= 0.6 is 0 Å². The summed E-state index contributed by atoms with van der Waals surface area (Å²) in [6.07, 6.45) is 0. The fourth-order valence-electron chi connectivity index (χ4n) is 2.30. The van der Waals surface area contributed by atoms with Crippen LogP contribution in [-0.2, 0) is 0 Å². The molecule has 0 aliphatic rings. The van der Waals surface area contributed by atoms with Gasteiger partial charge in [-0.1, -0.05) is 0 Å². The summed E-state index contributed by atoms with van der Waals surface area (Å²) in [6, 6.07) is 0. The van der Waals surface area contributed by atoms with Gasteiger partial charge < -0.3 is 40.5 Å². The minimum Gasteiger partial charge on any atom is -0.390 e. The molecule has 4 aromatic rings. The van der Waals surface area contributed by atoms with Gasteiger partial charge in [0.2, 0.25) is 0 Å². The Balaban J connectivity index is 0.00000324. The van der Waals surface area contributed by atoms with E-state index < -0.39 is 50.2 Å². The van der Waals surface area contributed by atoms with Gasteiger partial charge in [0, 0.05) is 41.2 Å². The van der Waals surface area contributed by atoms with Gasteiger partial charge >= 0.3 is 60.0 Å². The first kappa shape index (κ1) is 23.6.